The number of alkyl halides is 1. The molecule has 0 spiro atoms. The molecule has 0 N–H and O–H groups in total. The summed E-state index contributed by atoms with van der Waals surface area (Å²) in [6, 6.07) is 2.14. The van der Waals surface area contributed by atoms with Gasteiger partial charge >= 0.3 is 0 Å². The molecule has 0 radical (unpaired) electrons. The lowest BCUT2D eigenvalue weighted by Crippen LogP contribution is -1.93. The van der Waals surface area contributed by atoms with Gasteiger partial charge in [0.15, 0.2) is 0 Å². The van der Waals surface area contributed by atoms with Crippen molar-refractivity contribution >= 4 is 23.4 Å². The highest BCUT2D eigenvalue weighted by Gasteiger charge is 2.01. The summed E-state index contributed by atoms with van der Waals surface area (Å²) >= 11 is 7.51. The number of hydrogen-bond donors (Lipinski definition) is 0. The van der Waals surface area contributed by atoms with Gasteiger partial charge in [0.1, 0.15) is 0 Å². The van der Waals surface area contributed by atoms with Gasteiger partial charge in [-0.15, -0.1) is 23.4 Å². The maximum atomic E-state index is 5.62. The SMILES string of the molecule is Cc1cc(SCCCCCCCl)n(C)n1. The molecule has 0 aliphatic heterocycles. The van der Waals surface area contributed by atoms with Crippen molar-refractivity contribution < 1.29 is 0 Å². The van der Waals surface area contributed by atoms with E-state index in [9.17, 15) is 0 Å². The summed E-state index contributed by atoms with van der Waals surface area (Å²) in [6.07, 6.45) is 4.97. The molecule has 1 rings (SSSR count). The zero-order chi connectivity index (χ0) is 11.1. The molecule has 0 bridgehead atoms. The maximum absolute atomic E-state index is 5.62. The van der Waals surface area contributed by atoms with Gasteiger partial charge in [-0.05, 0) is 31.6 Å². The smallest absolute Gasteiger partial charge is 0.0939 e. The molecule has 0 unspecified atom stereocenters. The van der Waals surface area contributed by atoms with E-state index < -0.39 is 0 Å². The molecular weight excluding hydrogens is 228 g/mol. The van der Waals surface area contributed by atoms with Crippen LogP contribution >= 0.6 is 23.4 Å². The first-order chi connectivity index (χ1) is 7.24. The summed E-state index contributed by atoms with van der Waals surface area (Å²) in [7, 11) is 2.00. The summed E-state index contributed by atoms with van der Waals surface area (Å²) in [5.41, 5.74) is 1.10. The second-order valence-corrected chi connectivity index (χ2v) is 5.19. The van der Waals surface area contributed by atoms with Crippen LogP contribution in [0.3, 0.4) is 0 Å². The number of hydrogen-bond acceptors (Lipinski definition) is 2. The quantitative estimate of drug-likeness (QED) is 0.416. The Labute approximate surface area is 101 Å². The third-order valence-corrected chi connectivity index (χ3v) is 3.67. The Bertz CT molecular complexity index is 286. The van der Waals surface area contributed by atoms with Gasteiger partial charge in [-0.25, -0.2) is 0 Å². The Balaban J connectivity index is 2.12. The van der Waals surface area contributed by atoms with Crippen molar-refractivity contribution in [2.24, 2.45) is 7.05 Å². The van der Waals surface area contributed by atoms with E-state index in [2.05, 4.69) is 11.2 Å². The molecule has 1 aromatic rings. The minimum absolute atomic E-state index is 0.800. The van der Waals surface area contributed by atoms with Crippen LogP contribution in [0.25, 0.3) is 0 Å². The predicted octanol–water partition coefficient (Wildman–Crippen LogP) is 3.62. The number of rotatable bonds is 7. The topological polar surface area (TPSA) is 17.8 Å². The summed E-state index contributed by atoms with van der Waals surface area (Å²) in [6.45, 7) is 2.03. The first-order valence-electron chi connectivity index (χ1n) is 5.43. The molecule has 0 fully saturated rings. The number of aromatic nitrogens is 2. The normalized spacial score (nSPS) is 10.9. The lowest BCUT2D eigenvalue weighted by Gasteiger charge is -2.01. The van der Waals surface area contributed by atoms with Gasteiger partial charge in [0.05, 0.1) is 10.7 Å². The van der Waals surface area contributed by atoms with Crippen LogP contribution in [0, 0.1) is 6.92 Å². The van der Waals surface area contributed by atoms with Gasteiger partial charge in [0.25, 0.3) is 0 Å². The summed E-state index contributed by atoms with van der Waals surface area (Å²) in [5, 5.41) is 5.59. The lowest BCUT2D eigenvalue weighted by molar-refractivity contribution is 0.687. The molecule has 0 aliphatic rings. The zero-order valence-corrected chi connectivity index (χ0v) is 11.1. The number of halogens is 1. The van der Waals surface area contributed by atoms with Crippen molar-refractivity contribution in [2.75, 3.05) is 11.6 Å². The average Bonchev–Trinajstić information content (AvgIpc) is 2.51. The highest BCUT2D eigenvalue weighted by molar-refractivity contribution is 7.99. The molecular formula is C11H19ClN2S. The second kappa shape index (κ2) is 7.18. The van der Waals surface area contributed by atoms with E-state index in [1.165, 1.54) is 30.0 Å². The van der Waals surface area contributed by atoms with Gasteiger partial charge in [0.2, 0.25) is 0 Å². The van der Waals surface area contributed by atoms with Crippen molar-refractivity contribution in [2.45, 2.75) is 37.6 Å². The molecule has 0 saturated carbocycles. The fourth-order valence-corrected chi connectivity index (χ4v) is 2.68. The lowest BCUT2D eigenvalue weighted by atomic mass is 10.2. The monoisotopic (exact) mass is 246 g/mol. The Hall–Kier alpha value is -0.150. The van der Waals surface area contributed by atoms with Crippen LogP contribution in [0.2, 0.25) is 0 Å². The van der Waals surface area contributed by atoms with E-state index in [1.807, 2.05) is 30.4 Å². The largest absolute Gasteiger partial charge is 0.262 e. The van der Waals surface area contributed by atoms with Crippen molar-refractivity contribution in [1.29, 1.82) is 0 Å². The molecule has 86 valence electrons. The van der Waals surface area contributed by atoms with Crippen molar-refractivity contribution in [3.63, 3.8) is 0 Å². The molecule has 1 aromatic heterocycles. The fourth-order valence-electron chi connectivity index (χ4n) is 1.45. The van der Waals surface area contributed by atoms with E-state index in [-0.39, 0.29) is 0 Å². The first kappa shape index (κ1) is 12.9. The second-order valence-electron chi connectivity index (χ2n) is 3.70. The van der Waals surface area contributed by atoms with E-state index in [0.717, 1.165) is 18.0 Å². The van der Waals surface area contributed by atoms with Crippen LogP contribution in [0.15, 0.2) is 11.1 Å². The third kappa shape index (κ3) is 4.94. The van der Waals surface area contributed by atoms with Crippen molar-refractivity contribution in [1.82, 2.24) is 9.78 Å². The van der Waals surface area contributed by atoms with Gasteiger partial charge in [-0.1, -0.05) is 12.8 Å². The highest BCUT2D eigenvalue weighted by atomic mass is 35.5. The van der Waals surface area contributed by atoms with Crippen LogP contribution in [-0.4, -0.2) is 21.4 Å². The summed E-state index contributed by atoms with van der Waals surface area (Å²) in [4.78, 5) is 0. The third-order valence-electron chi connectivity index (χ3n) is 2.24. The van der Waals surface area contributed by atoms with Gasteiger partial charge < -0.3 is 0 Å². The summed E-state index contributed by atoms with van der Waals surface area (Å²) < 4.78 is 1.96. The predicted molar refractivity (Wildman–Crippen MR) is 67.9 cm³/mol. The molecule has 0 atom stereocenters. The van der Waals surface area contributed by atoms with Crippen LogP contribution in [0.1, 0.15) is 31.4 Å². The van der Waals surface area contributed by atoms with E-state index in [0.29, 0.717) is 0 Å². The molecule has 0 aliphatic carbocycles. The zero-order valence-electron chi connectivity index (χ0n) is 9.50. The van der Waals surface area contributed by atoms with Crippen molar-refractivity contribution in [3.05, 3.63) is 11.8 Å². The number of aryl methyl sites for hydroxylation is 2. The molecule has 0 saturated heterocycles. The maximum Gasteiger partial charge on any atom is 0.0939 e. The summed E-state index contributed by atoms with van der Waals surface area (Å²) in [5.74, 6) is 1.98. The molecule has 4 heteroatoms. The molecule has 15 heavy (non-hydrogen) atoms. The van der Waals surface area contributed by atoms with E-state index in [1.54, 1.807) is 0 Å². The fraction of sp³-hybridized carbons (Fsp3) is 0.727. The molecule has 2 nitrogen and oxygen atoms in total. The number of nitrogens with zero attached hydrogens (tertiary/aromatic N) is 2. The Morgan fingerprint density at radius 3 is 2.67 bits per heavy atom. The van der Waals surface area contributed by atoms with E-state index >= 15 is 0 Å². The number of unbranched alkanes of at least 4 members (excludes halogenated alkanes) is 3. The Kier molecular flexibility index (Phi) is 6.18. The number of thioether (sulfide) groups is 1. The Morgan fingerprint density at radius 2 is 2.07 bits per heavy atom. The molecule has 0 amide bonds. The first-order valence-corrected chi connectivity index (χ1v) is 6.95. The molecule has 0 aromatic carbocycles. The van der Waals surface area contributed by atoms with Crippen molar-refractivity contribution in [3.8, 4) is 0 Å². The molecule has 1 heterocycles. The van der Waals surface area contributed by atoms with Gasteiger partial charge in [-0.3, -0.25) is 4.68 Å². The van der Waals surface area contributed by atoms with Crippen LogP contribution in [0.5, 0.6) is 0 Å². The standard InChI is InChI=1S/C11H19ClN2S/c1-10-9-11(14(2)13-10)15-8-6-4-3-5-7-12/h9H,3-8H2,1-2H3. The minimum Gasteiger partial charge on any atom is -0.262 e. The highest BCUT2D eigenvalue weighted by Crippen LogP contribution is 2.19. The van der Waals surface area contributed by atoms with Crippen LogP contribution < -0.4 is 0 Å². The van der Waals surface area contributed by atoms with Crippen LogP contribution in [-0.2, 0) is 7.05 Å². The Morgan fingerprint density at radius 1 is 1.33 bits per heavy atom. The minimum atomic E-state index is 0.800. The van der Waals surface area contributed by atoms with Crippen LogP contribution in [0.4, 0.5) is 0 Å². The van der Waals surface area contributed by atoms with Gasteiger partial charge in [-0.2, -0.15) is 5.10 Å². The van der Waals surface area contributed by atoms with Gasteiger partial charge in [0, 0.05) is 12.9 Å². The average molecular weight is 247 g/mol. The van der Waals surface area contributed by atoms with E-state index in [4.69, 9.17) is 11.6 Å².